The third-order valence-electron chi connectivity index (χ3n) is 2.82. The van der Waals surface area contributed by atoms with E-state index in [9.17, 15) is 0 Å². The third-order valence-corrected chi connectivity index (χ3v) is 3.47. The molecule has 0 spiro atoms. The fraction of sp³-hybridized carbons (Fsp3) is 0.357. The van der Waals surface area contributed by atoms with Gasteiger partial charge in [0.25, 0.3) is 0 Å². The van der Waals surface area contributed by atoms with Crippen molar-refractivity contribution < 1.29 is 5.11 Å². The number of aromatic nitrogens is 1. The number of anilines is 1. The van der Waals surface area contributed by atoms with Crippen molar-refractivity contribution in [3.8, 4) is 0 Å². The van der Waals surface area contributed by atoms with Crippen LogP contribution < -0.4 is 4.90 Å². The first kappa shape index (κ1) is 14.6. The monoisotopic (exact) mass is 290 g/mol. The SMILES string of the molecule is CC(C)N(CCO)c1ccc(/N=N/c2nccs2)cc1. The highest BCUT2D eigenvalue weighted by Crippen LogP contribution is 2.23. The summed E-state index contributed by atoms with van der Waals surface area (Å²) in [6.07, 6.45) is 1.71. The van der Waals surface area contributed by atoms with Crippen LogP contribution in [0.3, 0.4) is 0 Å². The second-order valence-electron chi connectivity index (χ2n) is 4.54. The molecule has 1 aromatic carbocycles. The molecule has 1 aromatic heterocycles. The zero-order valence-corrected chi connectivity index (χ0v) is 12.4. The van der Waals surface area contributed by atoms with Crippen molar-refractivity contribution in [3.63, 3.8) is 0 Å². The second-order valence-corrected chi connectivity index (χ2v) is 5.41. The highest BCUT2D eigenvalue weighted by molar-refractivity contribution is 7.13. The maximum absolute atomic E-state index is 9.11. The Balaban J connectivity index is 2.09. The maximum Gasteiger partial charge on any atom is 0.229 e. The van der Waals surface area contributed by atoms with E-state index >= 15 is 0 Å². The van der Waals surface area contributed by atoms with E-state index in [4.69, 9.17) is 5.11 Å². The Labute approximate surface area is 122 Å². The molecular weight excluding hydrogens is 272 g/mol. The Hall–Kier alpha value is -1.79. The number of benzene rings is 1. The molecule has 1 N–H and O–H groups in total. The minimum atomic E-state index is 0.143. The van der Waals surface area contributed by atoms with Crippen molar-refractivity contribution >= 4 is 27.8 Å². The topological polar surface area (TPSA) is 61.1 Å². The molecule has 0 unspecified atom stereocenters. The first-order chi connectivity index (χ1) is 9.70. The van der Waals surface area contributed by atoms with Crippen LogP contribution in [0.2, 0.25) is 0 Å². The quantitative estimate of drug-likeness (QED) is 0.824. The highest BCUT2D eigenvalue weighted by Gasteiger charge is 2.09. The maximum atomic E-state index is 9.11. The van der Waals surface area contributed by atoms with E-state index in [1.165, 1.54) is 11.3 Å². The van der Waals surface area contributed by atoms with Crippen LogP contribution in [0.4, 0.5) is 16.5 Å². The Morgan fingerprint density at radius 1 is 1.25 bits per heavy atom. The van der Waals surface area contributed by atoms with E-state index in [1.807, 2.05) is 29.6 Å². The average Bonchev–Trinajstić information content (AvgIpc) is 2.96. The number of aliphatic hydroxyl groups is 1. The predicted molar refractivity (Wildman–Crippen MR) is 82.3 cm³/mol. The molecule has 0 saturated carbocycles. The van der Waals surface area contributed by atoms with Crippen molar-refractivity contribution in [3.05, 3.63) is 35.8 Å². The van der Waals surface area contributed by atoms with Gasteiger partial charge in [-0.25, -0.2) is 4.98 Å². The van der Waals surface area contributed by atoms with Crippen molar-refractivity contribution in [1.29, 1.82) is 0 Å². The number of rotatable bonds is 6. The lowest BCUT2D eigenvalue weighted by atomic mass is 10.2. The molecule has 20 heavy (non-hydrogen) atoms. The molecular formula is C14H18N4OS. The first-order valence-electron chi connectivity index (χ1n) is 6.49. The van der Waals surface area contributed by atoms with Crippen molar-refractivity contribution in [2.24, 2.45) is 10.2 Å². The Morgan fingerprint density at radius 3 is 2.55 bits per heavy atom. The van der Waals surface area contributed by atoms with E-state index in [1.54, 1.807) is 6.20 Å². The summed E-state index contributed by atoms with van der Waals surface area (Å²) >= 11 is 1.45. The molecule has 2 rings (SSSR count). The number of hydrogen-bond donors (Lipinski definition) is 1. The molecule has 0 aliphatic heterocycles. The molecule has 2 aromatic rings. The predicted octanol–water partition coefficient (Wildman–Crippen LogP) is 3.77. The van der Waals surface area contributed by atoms with Crippen LogP contribution in [-0.4, -0.2) is 29.3 Å². The lowest BCUT2D eigenvalue weighted by Crippen LogP contribution is -2.33. The molecule has 0 fully saturated rings. The van der Waals surface area contributed by atoms with E-state index in [2.05, 4.69) is 34.0 Å². The van der Waals surface area contributed by atoms with Crippen molar-refractivity contribution in [1.82, 2.24) is 4.98 Å². The summed E-state index contributed by atoms with van der Waals surface area (Å²) in [5.41, 5.74) is 1.86. The molecule has 6 heteroatoms. The van der Waals surface area contributed by atoms with Crippen LogP contribution in [0.15, 0.2) is 46.1 Å². The van der Waals surface area contributed by atoms with Crippen LogP contribution in [0.1, 0.15) is 13.8 Å². The number of azo groups is 1. The molecule has 0 atom stereocenters. The summed E-state index contributed by atoms with van der Waals surface area (Å²) in [7, 11) is 0. The van der Waals surface area contributed by atoms with Gasteiger partial charge in [-0.3, -0.25) is 0 Å². The van der Waals surface area contributed by atoms with Crippen LogP contribution in [0.5, 0.6) is 0 Å². The van der Waals surface area contributed by atoms with Gasteiger partial charge in [0.2, 0.25) is 5.13 Å². The molecule has 0 radical (unpaired) electrons. The van der Waals surface area contributed by atoms with Crippen molar-refractivity contribution in [2.45, 2.75) is 19.9 Å². The van der Waals surface area contributed by atoms with Crippen molar-refractivity contribution in [2.75, 3.05) is 18.1 Å². The van der Waals surface area contributed by atoms with Gasteiger partial charge in [0.1, 0.15) is 0 Å². The van der Waals surface area contributed by atoms with E-state index < -0.39 is 0 Å². The Bertz CT molecular complexity index is 537. The third kappa shape index (κ3) is 3.85. The van der Waals surface area contributed by atoms with Gasteiger partial charge >= 0.3 is 0 Å². The minimum Gasteiger partial charge on any atom is -0.395 e. The van der Waals surface area contributed by atoms with Gasteiger partial charge in [-0.2, -0.15) is 0 Å². The zero-order chi connectivity index (χ0) is 14.4. The van der Waals surface area contributed by atoms with Crippen LogP contribution in [0, 0.1) is 0 Å². The zero-order valence-electron chi connectivity index (χ0n) is 11.6. The largest absolute Gasteiger partial charge is 0.395 e. The molecule has 0 amide bonds. The number of aliphatic hydroxyl groups excluding tert-OH is 1. The van der Waals surface area contributed by atoms with Crippen LogP contribution in [-0.2, 0) is 0 Å². The van der Waals surface area contributed by atoms with Gasteiger partial charge < -0.3 is 10.0 Å². The van der Waals surface area contributed by atoms with E-state index in [0.29, 0.717) is 17.7 Å². The summed E-state index contributed by atoms with van der Waals surface area (Å²) in [5, 5.41) is 19.8. The van der Waals surface area contributed by atoms with Crippen LogP contribution >= 0.6 is 11.3 Å². The molecule has 106 valence electrons. The summed E-state index contributed by atoms with van der Waals surface area (Å²) in [4.78, 5) is 6.19. The minimum absolute atomic E-state index is 0.143. The lowest BCUT2D eigenvalue weighted by molar-refractivity contribution is 0.299. The molecule has 0 saturated heterocycles. The molecule has 0 aliphatic carbocycles. The van der Waals surface area contributed by atoms with Gasteiger partial charge in [0.05, 0.1) is 12.3 Å². The number of hydrogen-bond acceptors (Lipinski definition) is 6. The fourth-order valence-electron chi connectivity index (χ4n) is 1.87. The Morgan fingerprint density at radius 2 is 2.00 bits per heavy atom. The molecule has 0 bridgehead atoms. The van der Waals surface area contributed by atoms with Crippen LogP contribution in [0.25, 0.3) is 0 Å². The molecule has 0 aliphatic rings. The second kappa shape index (κ2) is 7.12. The fourth-order valence-corrected chi connectivity index (χ4v) is 2.32. The molecule has 5 nitrogen and oxygen atoms in total. The van der Waals surface area contributed by atoms with E-state index in [0.717, 1.165) is 11.4 Å². The van der Waals surface area contributed by atoms with Gasteiger partial charge in [-0.1, -0.05) is 0 Å². The summed E-state index contributed by atoms with van der Waals surface area (Å²) in [6, 6.07) is 8.15. The lowest BCUT2D eigenvalue weighted by Gasteiger charge is -2.28. The first-order valence-corrected chi connectivity index (χ1v) is 7.37. The normalized spacial score (nSPS) is 11.4. The highest BCUT2D eigenvalue weighted by atomic mass is 32.1. The van der Waals surface area contributed by atoms with Gasteiger partial charge in [0.15, 0.2) is 0 Å². The van der Waals surface area contributed by atoms with Gasteiger partial charge in [-0.05, 0) is 38.1 Å². The Kier molecular flexibility index (Phi) is 5.20. The number of thiazole rings is 1. The van der Waals surface area contributed by atoms with E-state index in [-0.39, 0.29) is 6.61 Å². The average molecular weight is 290 g/mol. The van der Waals surface area contributed by atoms with Gasteiger partial charge in [0, 0.05) is 29.9 Å². The summed E-state index contributed by atoms with van der Waals surface area (Å²) < 4.78 is 0. The summed E-state index contributed by atoms with van der Waals surface area (Å²) in [5.74, 6) is 0. The number of nitrogens with zero attached hydrogens (tertiary/aromatic N) is 4. The summed E-state index contributed by atoms with van der Waals surface area (Å²) in [6.45, 7) is 4.97. The smallest absolute Gasteiger partial charge is 0.229 e. The molecule has 1 heterocycles. The standard InChI is InChI=1S/C14H18N4OS/c1-11(2)18(8-9-19)13-5-3-12(4-6-13)16-17-14-15-7-10-20-14/h3-7,10-11,19H,8-9H2,1-2H3/b17-16+. The van der Waals surface area contributed by atoms with Gasteiger partial charge in [-0.15, -0.1) is 21.6 Å².